The quantitative estimate of drug-likeness (QED) is 0.444. The van der Waals surface area contributed by atoms with E-state index in [1.807, 2.05) is 0 Å². The normalized spacial score (nSPS) is 17.8. The van der Waals surface area contributed by atoms with Crippen molar-refractivity contribution in [2.24, 2.45) is 0 Å². The van der Waals surface area contributed by atoms with Gasteiger partial charge in [-0.2, -0.15) is 4.57 Å². The highest BCUT2D eigenvalue weighted by atomic mass is 16.5. The van der Waals surface area contributed by atoms with E-state index in [9.17, 15) is 0 Å². The predicted molar refractivity (Wildman–Crippen MR) is 130 cm³/mol. The second-order valence-corrected chi connectivity index (χ2v) is 8.84. The minimum absolute atomic E-state index is 0.763. The Balaban J connectivity index is 1.59. The number of hydrogen-bond acceptors (Lipinski definition) is 4. The Hall–Kier alpha value is -2.93. The Labute approximate surface area is 194 Å². The molecule has 0 N–H and O–H groups in total. The number of anilines is 1. The summed E-state index contributed by atoms with van der Waals surface area (Å²) >= 11 is 0. The summed E-state index contributed by atoms with van der Waals surface area (Å²) in [7, 11) is 0. The minimum Gasteiger partial charge on any atom is -0.379 e. The summed E-state index contributed by atoms with van der Waals surface area (Å²) in [6, 6.07) is 21.8. The van der Waals surface area contributed by atoms with Crippen molar-refractivity contribution < 1.29 is 13.9 Å². The lowest BCUT2D eigenvalue weighted by molar-refractivity contribution is -0.497. The SMILES string of the molecule is c1ccc(-n2c(CCN3CCOCC3)c3c4ccccc4cc[n+]3c2N2CCOCC2)cc1. The van der Waals surface area contributed by atoms with Crippen LogP contribution in [-0.4, -0.2) is 68.6 Å². The molecule has 0 amide bonds. The molecule has 2 saturated heterocycles. The third-order valence-electron chi connectivity index (χ3n) is 6.90. The van der Waals surface area contributed by atoms with Crippen LogP contribution in [-0.2, 0) is 15.9 Å². The number of rotatable bonds is 5. The molecule has 0 saturated carbocycles. The van der Waals surface area contributed by atoms with Gasteiger partial charge in [0.15, 0.2) is 0 Å². The van der Waals surface area contributed by atoms with Crippen molar-refractivity contribution in [1.29, 1.82) is 0 Å². The molecule has 2 aromatic heterocycles. The Morgan fingerprint density at radius 1 is 0.758 bits per heavy atom. The Bertz CT molecular complexity index is 1240. The van der Waals surface area contributed by atoms with E-state index >= 15 is 0 Å². The summed E-state index contributed by atoms with van der Waals surface area (Å²) in [6.07, 6.45) is 3.23. The second-order valence-electron chi connectivity index (χ2n) is 8.84. The summed E-state index contributed by atoms with van der Waals surface area (Å²) in [4.78, 5) is 5.01. The standard InChI is InChI=1S/C27H31N4O2/c1-2-7-23(8-3-1)31-25(11-12-28-14-18-32-19-15-28)26-24-9-5-4-6-22(24)10-13-30(26)27(31)29-16-20-33-21-17-29/h1-10,13H,11-12,14-21H2/q+1. The van der Waals surface area contributed by atoms with Gasteiger partial charge in [0, 0.05) is 31.4 Å². The lowest BCUT2D eigenvalue weighted by Gasteiger charge is -2.26. The summed E-state index contributed by atoms with van der Waals surface area (Å²) in [5.41, 5.74) is 3.89. The van der Waals surface area contributed by atoms with Gasteiger partial charge in [-0.15, -0.1) is 0 Å². The van der Waals surface area contributed by atoms with Gasteiger partial charge in [0.1, 0.15) is 16.9 Å². The van der Waals surface area contributed by atoms with Crippen LogP contribution in [0.15, 0.2) is 66.9 Å². The zero-order chi connectivity index (χ0) is 22.0. The fourth-order valence-corrected chi connectivity index (χ4v) is 5.24. The molecule has 4 aromatic rings. The number of fused-ring (bicyclic) bond motifs is 3. The number of aromatic nitrogens is 2. The molecule has 0 radical (unpaired) electrons. The molecule has 6 heteroatoms. The van der Waals surface area contributed by atoms with E-state index in [4.69, 9.17) is 9.47 Å². The first-order valence-corrected chi connectivity index (χ1v) is 12.0. The molecular formula is C27H31N4O2+. The molecule has 2 fully saturated rings. The van der Waals surface area contributed by atoms with Gasteiger partial charge < -0.3 is 9.47 Å². The van der Waals surface area contributed by atoms with Crippen molar-refractivity contribution in [1.82, 2.24) is 9.47 Å². The molecule has 4 heterocycles. The molecule has 0 unspecified atom stereocenters. The molecule has 170 valence electrons. The Morgan fingerprint density at radius 2 is 1.45 bits per heavy atom. The maximum atomic E-state index is 5.70. The molecule has 2 aromatic carbocycles. The van der Waals surface area contributed by atoms with E-state index in [-0.39, 0.29) is 0 Å². The van der Waals surface area contributed by atoms with Gasteiger partial charge in [0.2, 0.25) is 0 Å². The van der Waals surface area contributed by atoms with E-state index in [1.54, 1.807) is 0 Å². The highest BCUT2D eigenvalue weighted by Crippen LogP contribution is 2.30. The zero-order valence-electron chi connectivity index (χ0n) is 19.0. The van der Waals surface area contributed by atoms with Crippen molar-refractivity contribution in [2.45, 2.75) is 6.42 Å². The first kappa shape index (κ1) is 20.7. The minimum atomic E-state index is 0.763. The molecule has 0 atom stereocenters. The fraction of sp³-hybridized carbons (Fsp3) is 0.370. The van der Waals surface area contributed by atoms with Crippen LogP contribution in [0.3, 0.4) is 0 Å². The topological polar surface area (TPSA) is 34.0 Å². The molecule has 33 heavy (non-hydrogen) atoms. The van der Waals surface area contributed by atoms with Crippen LogP contribution in [0.4, 0.5) is 5.95 Å². The Kier molecular flexibility index (Phi) is 5.72. The smallest absolute Gasteiger partial charge is 0.370 e. The third-order valence-corrected chi connectivity index (χ3v) is 6.90. The van der Waals surface area contributed by atoms with Crippen molar-refractivity contribution in [3.05, 3.63) is 72.6 Å². The van der Waals surface area contributed by atoms with Crippen molar-refractivity contribution in [2.75, 3.05) is 64.1 Å². The largest absolute Gasteiger partial charge is 0.379 e. The van der Waals surface area contributed by atoms with Gasteiger partial charge in [-0.1, -0.05) is 42.5 Å². The van der Waals surface area contributed by atoms with E-state index < -0.39 is 0 Å². The second kappa shape index (κ2) is 9.14. The highest BCUT2D eigenvalue weighted by Gasteiger charge is 2.33. The number of imidazole rings is 1. The molecule has 6 nitrogen and oxygen atoms in total. The lowest BCUT2D eigenvalue weighted by Crippen LogP contribution is -2.42. The first-order valence-electron chi connectivity index (χ1n) is 12.0. The van der Waals surface area contributed by atoms with Crippen molar-refractivity contribution in [3.63, 3.8) is 0 Å². The number of morpholine rings is 2. The monoisotopic (exact) mass is 443 g/mol. The lowest BCUT2D eigenvalue weighted by atomic mass is 10.1. The summed E-state index contributed by atoms with van der Waals surface area (Å²) < 4.78 is 16.2. The zero-order valence-corrected chi connectivity index (χ0v) is 19.0. The molecule has 6 rings (SSSR count). The highest BCUT2D eigenvalue weighted by molar-refractivity contribution is 5.95. The van der Waals surface area contributed by atoms with E-state index in [2.05, 4.69) is 85.6 Å². The maximum absolute atomic E-state index is 5.70. The average Bonchev–Trinajstić information content (AvgIpc) is 3.24. The molecule has 0 spiro atoms. The van der Waals surface area contributed by atoms with Gasteiger partial charge >= 0.3 is 5.95 Å². The molecular weight excluding hydrogens is 412 g/mol. The van der Waals surface area contributed by atoms with Crippen LogP contribution in [0.5, 0.6) is 0 Å². The van der Waals surface area contributed by atoms with Crippen molar-refractivity contribution >= 4 is 22.2 Å². The van der Waals surface area contributed by atoms with Gasteiger partial charge in [-0.05, 0) is 23.6 Å². The van der Waals surface area contributed by atoms with Crippen LogP contribution in [0.2, 0.25) is 0 Å². The summed E-state index contributed by atoms with van der Waals surface area (Å²) in [6.45, 7) is 8.03. The number of ether oxygens (including phenoxy) is 2. The van der Waals surface area contributed by atoms with Gasteiger partial charge in [-0.3, -0.25) is 9.80 Å². The third kappa shape index (κ3) is 3.88. The van der Waals surface area contributed by atoms with Crippen LogP contribution < -0.4 is 9.30 Å². The molecule has 2 aliphatic heterocycles. The van der Waals surface area contributed by atoms with E-state index in [0.717, 1.165) is 65.6 Å². The van der Waals surface area contributed by atoms with Crippen LogP contribution >= 0.6 is 0 Å². The number of pyridine rings is 1. The number of para-hydroxylation sites is 1. The van der Waals surface area contributed by atoms with E-state index in [1.165, 1.54) is 33.6 Å². The maximum Gasteiger partial charge on any atom is 0.370 e. The van der Waals surface area contributed by atoms with Gasteiger partial charge in [-0.25, -0.2) is 4.40 Å². The van der Waals surface area contributed by atoms with Crippen LogP contribution in [0, 0.1) is 0 Å². The van der Waals surface area contributed by atoms with Gasteiger partial charge in [0.25, 0.3) is 0 Å². The number of nitrogens with zero attached hydrogens (tertiary/aromatic N) is 4. The van der Waals surface area contributed by atoms with Gasteiger partial charge in [0.05, 0.1) is 45.7 Å². The number of hydrogen-bond donors (Lipinski definition) is 0. The molecule has 0 bridgehead atoms. The average molecular weight is 444 g/mol. The van der Waals surface area contributed by atoms with Crippen LogP contribution in [0.1, 0.15) is 5.69 Å². The molecule has 0 aliphatic carbocycles. The summed E-state index contributed by atoms with van der Waals surface area (Å²) in [5.74, 6) is 1.22. The predicted octanol–water partition coefficient (Wildman–Crippen LogP) is 3.08. The van der Waals surface area contributed by atoms with E-state index in [0.29, 0.717) is 0 Å². The van der Waals surface area contributed by atoms with Crippen molar-refractivity contribution in [3.8, 4) is 5.69 Å². The number of benzene rings is 2. The summed E-state index contributed by atoms with van der Waals surface area (Å²) in [5, 5.41) is 2.59. The molecule has 2 aliphatic rings. The first-order chi connectivity index (χ1) is 16.4. The fourth-order valence-electron chi connectivity index (χ4n) is 5.24. The Morgan fingerprint density at radius 3 is 2.24 bits per heavy atom. The van der Waals surface area contributed by atoms with Crippen LogP contribution in [0.25, 0.3) is 22.0 Å².